The highest BCUT2D eigenvalue weighted by Crippen LogP contribution is 2.10. The molecule has 0 saturated carbocycles. The molecular formula is C16H32O2S. The number of thiol groups is 1. The fourth-order valence-electron chi connectivity index (χ4n) is 2.05. The number of hydrogen-bond donors (Lipinski definition) is 1. The maximum absolute atomic E-state index is 11.4. The third-order valence-electron chi connectivity index (χ3n) is 3.30. The van der Waals surface area contributed by atoms with E-state index < -0.39 is 0 Å². The minimum atomic E-state index is -0.0258. The Hall–Kier alpha value is -0.180. The highest BCUT2D eigenvalue weighted by Gasteiger charge is 2.02. The van der Waals surface area contributed by atoms with Gasteiger partial charge in [0.2, 0.25) is 0 Å². The van der Waals surface area contributed by atoms with Crippen LogP contribution in [-0.4, -0.2) is 18.3 Å². The van der Waals surface area contributed by atoms with Crippen molar-refractivity contribution in [2.24, 2.45) is 0 Å². The maximum Gasteiger partial charge on any atom is 0.305 e. The van der Waals surface area contributed by atoms with Gasteiger partial charge in [0.05, 0.1) is 6.61 Å². The molecule has 0 aromatic rings. The summed E-state index contributed by atoms with van der Waals surface area (Å²) in [4.78, 5) is 11.4. The lowest BCUT2D eigenvalue weighted by Gasteiger charge is -2.04. The Bertz CT molecular complexity index is 195. The monoisotopic (exact) mass is 288 g/mol. The van der Waals surface area contributed by atoms with Gasteiger partial charge in [0.1, 0.15) is 0 Å². The van der Waals surface area contributed by atoms with Gasteiger partial charge >= 0.3 is 5.97 Å². The SMILES string of the molecule is CCCCCCCCCCCC(=O)OCCCCS. The average Bonchev–Trinajstić information content (AvgIpc) is 2.42. The zero-order valence-corrected chi connectivity index (χ0v) is 13.6. The van der Waals surface area contributed by atoms with Crippen molar-refractivity contribution in [3.8, 4) is 0 Å². The van der Waals surface area contributed by atoms with E-state index in [-0.39, 0.29) is 5.97 Å². The molecule has 0 aromatic heterocycles. The fraction of sp³-hybridized carbons (Fsp3) is 0.938. The number of carbonyl (C=O) groups is 1. The summed E-state index contributed by atoms with van der Waals surface area (Å²) in [5.41, 5.74) is 0. The quantitative estimate of drug-likeness (QED) is 0.271. The van der Waals surface area contributed by atoms with Crippen LogP contribution >= 0.6 is 12.6 Å². The molecule has 0 aliphatic heterocycles. The second-order valence-electron chi connectivity index (χ2n) is 5.23. The van der Waals surface area contributed by atoms with Crippen LogP contribution in [0.3, 0.4) is 0 Å². The third-order valence-corrected chi connectivity index (χ3v) is 3.62. The Labute approximate surface area is 125 Å². The standard InChI is InChI=1S/C16H32O2S/c1-2-3-4-5-6-7-8-9-10-13-16(17)18-14-11-12-15-19/h19H,2-15H2,1H3. The van der Waals surface area contributed by atoms with Gasteiger partial charge in [-0.25, -0.2) is 0 Å². The molecule has 2 nitrogen and oxygen atoms in total. The number of hydrogen-bond acceptors (Lipinski definition) is 3. The normalized spacial score (nSPS) is 10.6. The molecule has 0 rings (SSSR count). The number of esters is 1. The molecular weight excluding hydrogens is 256 g/mol. The fourth-order valence-corrected chi connectivity index (χ4v) is 2.28. The van der Waals surface area contributed by atoms with Crippen LogP contribution in [0.4, 0.5) is 0 Å². The van der Waals surface area contributed by atoms with Crippen LogP contribution in [0.25, 0.3) is 0 Å². The average molecular weight is 288 g/mol. The second-order valence-corrected chi connectivity index (χ2v) is 5.68. The van der Waals surface area contributed by atoms with Gasteiger partial charge in [-0.3, -0.25) is 4.79 Å². The van der Waals surface area contributed by atoms with Crippen molar-refractivity contribution in [1.82, 2.24) is 0 Å². The molecule has 0 unspecified atom stereocenters. The van der Waals surface area contributed by atoms with Gasteiger partial charge in [-0.1, -0.05) is 58.3 Å². The van der Waals surface area contributed by atoms with E-state index in [0.29, 0.717) is 13.0 Å². The van der Waals surface area contributed by atoms with E-state index >= 15 is 0 Å². The molecule has 0 aliphatic carbocycles. The van der Waals surface area contributed by atoms with Crippen molar-refractivity contribution in [3.05, 3.63) is 0 Å². The first-order valence-corrected chi connectivity index (χ1v) is 8.71. The van der Waals surface area contributed by atoms with Crippen molar-refractivity contribution < 1.29 is 9.53 Å². The summed E-state index contributed by atoms with van der Waals surface area (Å²) in [5.74, 6) is 0.845. The molecule has 0 radical (unpaired) electrons. The van der Waals surface area contributed by atoms with Gasteiger partial charge in [-0.2, -0.15) is 12.6 Å². The summed E-state index contributed by atoms with van der Waals surface area (Å²) in [6.45, 7) is 2.81. The predicted octanol–water partition coefficient (Wildman–Crippen LogP) is 5.16. The van der Waals surface area contributed by atoms with Crippen molar-refractivity contribution >= 4 is 18.6 Å². The molecule has 0 amide bonds. The summed E-state index contributed by atoms with van der Waals surface area (Å²) in [5, 5.41) is 0. The predicted molar refractivity (Wildman–Crippen MR) is 85.9 cm³/mol. The van der Waals surface area contributed by atoms with E-state index in [4.69, 9.17) is 4.74 Å². The zero-order valence-electron chi connectivity index (χ0n) is 12.7. The van der Waals surface area contributed by atoms with Crippen molar-refractivity contribution in [2.45, 2.75) is 84.0 Å². The Balaban J connectivity index is 3.10. The van der Waals surface area contributed by atoms with Crippen molar-refractivity contribution in [1.29, 1.82) is 0 Å². The van der Waals surface area contributed by atoms with E-state index in [2.05, 4.69) is 19.6 Å². The van der Waals surface area contributed by atoms with Crippen LogP contribution in [0, 0.1) is 0 Å². The molecule has 0 fully saturated rings. The van der Waals surface area contributed by atoms with Gasteiger partial charge in [-0.15, -0.1) is 0 Å². The molecule has 0 atom stereocenters. The number of carbonyl (C=O) groups excluding carboxylic acids is 1. The highest BCUT2D eigenvalue weighted by molar-refractivity contribution is 7.80. The molecule has 0 bridgehead atoms. The Kier molecular flexibility index (Phi) is 15.7. The molecule has 19 heavy (non-hydrogen) atoms. The van der Waals surface area contributed by atoms with Crippen LogP contribution in [0.1, 0.15) is 84.0 Å². The van der Waals surface area contributed by atoms with E-state index in [1.165, 1.54) is 51.4 Å². The first kappa shape index (κ1) is 18.8. The summed E-state index contributed by atoms with van der Waals surface area (Å²) < 4.78 is 5.14. The minimum Gasteiger partial charge on any atom is -0.466 e. The summed E-state index contributed by atoms with van der Waals surface area (Å²) in [6, 6.07) is 0. The van der Waals surface area contributed by atoms with Crippen LogP contribution in [0.2, 0.25) is 0 Å². The smallest absolute Gasteiger partial charge is 0.305 e. The van der Waals surface area contributed by atoms with Gasteiger partial charge in [-0.05, 0) is 25.0 Å². The molecule has 0 N–H and O–H groups in total. The molecule has 0 aromatic carbocycles. The molecule has 0 heterocycles. The number of unbranched alkanes of at least 4 members (excludes halogenated alkanes) is 9. The first-order chi connectivity index (χ1) is 9.31. The van der Waals surface area contributed by atoms with E-state index in [0.717, 1.165) is 25.0 Å². The van der Waals surface area contributed by atoms with Gasteiger partial charge in [0.25, 0.3) is 0 Å². The lowest BCUT2D eigenvalue weighted by atomic mass is 10.1. The van der Waals surface area contributed by atoms with E-state index in [1.54, 1.807) is 0 Å². The van der Waals surface area contributed by atoms with Crippen LogP contribution in [-0.2, 0) is 9.53 Å². The summed E-state index contributed by atoms with van der Waals surface area (Å²) in [7, 11) is 0. The molecule has 0 spiro atoms. The van der Waals surface area contributed by atoms with Crippen LogP contribution in [0.5, 0.6) is 0 Å². The van der Waals surface area contributed by atoms with E-state index in [1.807, 2.05) is 0 Å². The summed E-state index contributed by atoms with van der Waals surface area (Å²) >= 11 is 4.12. The minimum absolute atomic E-state index is 0.0258. The van der Waals surface area contributed by atoms with E-state index in [9.17, 15) is 4.79 Å². The lowest BCUT2D eigenvalue weighted by molar-refractivity contribution is -0.143. The van der Waals surface area contributed by atoms with Gasteiger partial charge < -0.3 is 4.74 Å². The van der Waals surface area contributed by atoms with Crippen LogP contribution in [0.15, 0.2) is 0 Å². The van der Waals surface area contributed by atoms with Crippen molar-refractivity contribution in [2.75, 3.05) is 12.4 Å². The first-order valence-electron chi connectivity index (χ1n) is 8.07. The zero-order chi connectivity index (χ0) is 14.2. The van der Waals surface area contributed by atoms with Crippen LogP contribution < -0.4 is 0 Å². The van der Waals surface area contributed by atoms with Gasteiger partial charge in [0.15, 0.2) is 0 Å². The number of ether oxygens (including phenoxy) is 1. The Morgan fingerprint density at radius 1 is 0.842 bits per heavy atom. The van der Waals surface area contributed by atoms with Gasteiger partial charge in [0, 0.05) is 6.42 Å². The number of rotatable bonds is 14. The third kappa shape index (κ3) is 15.8. The second kappa shape index (κ2) is 15.9. The Morgan fingerprint density at radius 2 is 1.42 bits per heavy atom. The topological polar surface area (TPSA) is 26.3 Å². The maximum atomic E-state index is 11.4. The highest BCUT2D eigenvalue weighted by atomic mass is 32.1. The summed E-state index contributed by atoms with van der Waals surface area (Å²) in [6.07, 6.45) is 14.1. The van der Waals surface area contributed by atoms with Crippen molar-refractivity contribution in [3.63, 3.8) is 0 Å². The lowest BCUT2D eigenvalue weighted by Crippen LogP contribution is -2.05. The molecule has 0 aliphatic rings. The Morgan fingerprint density at radius 3 is 2.00 bits per heavy atom. The molecule has 114 valence electrons. The molecule has 0 saturated heterocycles. The molecule has 3 heteroatoms. The largest absolute Gasteiger partial charge is 0.466 e.